The Morgan fingerprint density at radius 1 is 1.14 bits per heavy atom. The molecule has 0 saturated carbocycles. The first-order valence-corrected chi connectivity index (χ1v) is 6.70. The average Bonchev–Trinajstić information content (AvgIpc) is 2.45. The molecular weight excluding hydrogens is 274 g/mol. The van der Waals surface area contributed by atoms with Crippen LogP contribution in [-0.2, 0) is 11.3 Å². The van der Waals surface area contributed by atoms with Crippen LogP contribution in [0, 0.1) is 5.92 Å². The molecule has 0 spiro atoms. The van der Waals surface area contributed by atoms with E-state index in [1.807, 2.05) is 19.9 Å². The van der Waals surface area contributed by atoms with E-state index in [4.69, 9.17) is 14.2 Å². The highest BCUT2D eigenvalue weighted by Gasteiger charge is 2.22. The fourth-order valence-corrected chi connectivity index (χ4v) is 2.13. The molecule has 21 heavy (non-hydrogen) atoms. The molecule has 6 nitrogen and oxygen atoms in total. The van der Waals surface area contributed by atoms with Gasteiger partial charge >= 0.3 is 5.97 Å². The first-order chi connectivity index (χ1) is 9.96. The second-order valence-electron chi connectivity index (χ2n) is 4.93. The summed E-state index contributed by atoms with van der Waals surface area (Å²) in [4.78, 5) is 11.2. The average molecular weight is 297 g/mol. The second-order valence-corrected chi connectivity index (χ2v) is 4.93. The van der Waals surface area contributed by atoms with Gasteiger partial charge in [0.15, 0.2) is 11.5 Å². The van der Waals surface area contributed by atoms with Crippen LogP contribution in [0.25, 0.3) is 0 Å². The summed E-state index contributed by atoms with van der Waals surface area (Å²) < 4.78 is 15.9. The number of carboxylic acid groups (broad SMARTS) is 1. The maximum Gasteiger partial charge on any atom is 0.320 e. The number of carboxylic acids is 1. The Labute approximate surface area is 125 Å². The van der Waals surface area contributed by atoms with Gasteiger partial charge in [-0.15, -0.1) is 0 Å². The van der Waals surface area contributed by atoms with E-state index in [1.165, 1.54) is 14.2 Å². The Bertz CT molecular complexity index is 487. The number of rotatable bonds is 8. The zero-order valence-corrected chi connectivity index (χ0v) is 13.1. The normalized spacial score (nSPS) is 12.1. The fraction of sp³-hybridized carbons (Fsp3) is 0.533. The quantitative estimate of drug-likeness (QED) is 0.763. The zero-order chi connectivity index (χ0) is 16.0. The summed E-state index contributed by atoms with van der Waals surface area (Å²) in [7, 11) is 4.62. The van der Waals surface area contributed by atoms with Gasteiger partial charge in [0.1, 0.15) is 6.04 Å². The van der Waals surface area contributed by atoms with Crippen molar-refractivity contribution in [1.82, 2.24) is 5.32 Å². The number of aliphatic carboxylic acids is 1. The second kappa shape index (κ2) is 7.73. The van der Waals surface area contributed by atoms with Crippen LogP contribution in [0.15, 0.2) is 12.1 Å². The number of carbonyl (C=O) groups is 1. The van der Waals surface area contributed by atoms with Crippen molar-refractivity contribution in [3.63, 3.8) is 0 Å². The summed E-state index contributed by atoms with van der Waals surface area (Å²) in [5.41, 5.74) is 0.807. The van der Waals surface area contributed by atoms with E-state index >= 15 is 0 Å². The highest BCUT2D eigenvalue weighted by molar-refractivity contribution is 5.73. The molecule has 0 aliphatic heterocycles. The largest absolute Gasteiger partial charge is 0.493 e. The summed E-state index contributed by atoms with van der Waals surface area (Å²) in [6, 6.07) is 2.97. The summed E-state index contributed by atoms with van der Waals surface area (Å²) in [6.07, 6.45) is 0. The third kappa shape index (κ3) is 4.01. The van der Waals surface area contributed by atoms with Crippen LogP contribution in [0.5, 0.6) is 17.2 Å². The maximum atomic E-state index is 11.2. The molecule has 0 aliphatic rings. The molecule has 0 heterocycles. The van der Waals surface area contributed by atoms with Gasteiger partial charge < -0.3 is 19.3 Å². The van der Waals surface area contributed by atoms with Gasteiger partial charge in [0, 0.05) is 12.1 Å². The number of methoxy groups -OCH3 is 3. The molecule has 118 valence electrons. The standard InChI is InChI=1S/C15H23NO5/c1-9(2)12(15(17)18)16-8-10-6-7-11(19-3)14(21-5)13(10)20-4/h6-7,9,12,16H,8H2,1-5H3,(H,17,18). The molecule has 1 atom stereocenters. The molecule has 0 fully saturated rings. The molecule has 1 rings (SSSR count). The molecular formula is C15H23NO5. The van der Waals surface area contributed by atoms with E-state index < -0.39 is 12.0 Å². The summed E-state index contributed by atoms with van der Waals surface area (Å²) in [5.74, 6) is 0.711. The van der Waals surface area contributed by atoms with Crippen LogP contribution in [0.1, 0.15) is 19.4 Å². The minimum atomic E-state index is -0.871. The fourth-order valence-electron chi connectivity index (χ4n) is 2.13. The van der Waals surface area contributed by atoms with E-state index in [1.54, 1.807) is 13.2 Å². The number of hydrogen-bond acceptors (Lipinski definition) is 5. The van der Waals surface area contributed by atoms with Gasteiger partial charge in [-0.1, -0.05) is 19.9 Å². The Kier molecular flexibility index (Phi) is 6.30. The molecule has 1 unspecified atom stereocenters. The van der Waals surface area contributed by atoms with Gasteiger partial charge in [-0.2, -0.15) is 0 Å². The Hall–Kier alpha value is -1.95. The highest BCUT2D eigenvalue weighted by Crippen LogP contribution is 2.39. The topological polar surface area (TPSA) is 77.0 Å². The lowest BCUT2D eigenvalue weighted by Gasteiger charge is -2.20. The molecule has 0 aliphatic carbocycles. The van der Waals surface area contributed by atoms with Crippen molar-refractivity contribution in [2.24, 2.45) is 5.92 Å². The van der Waals surface area contributed by atoms with Crippen molar-refractivity contribution in [3.8, 4) is 17.2 Å². The molecule has 2 N–H and O–H groups in total. The summed E-state index contributed by atoms with van der Waals surface area (Å²) >= 11 is 0. The van der Waals surface area contributed by atoms with Crippen molar-refractivity contribution in [3.05, 3.63) is 17.7 Å². The molecule has 0 saturated heterocycles. The molecule has 0 radical (unpaired) electrons. The van der Waals surface area contributed by atoms with Crippen LogP contribution < -0.4 is 19.5 Å². The van der Waals surface area contributed by atoms with E-state index in [-0.39, 0.29) is 5.92 Å². The molecule has 0 amide bonds. The number of hydrogen-bond donors (Lipinski definition) is 2. The molecule has 0 aromatic heterocycles. The SMILES string of the molecule is COc1ccc(CNC(C(=O)O)C(C)C)c(OC)c1OC. The van der Waals surface area contributed by atoms with Crippen LogP contribution in [-0.4, -0.2) is 38.4 Å². The van der Waals surface area contributed by atoms with Gasteiger partial charge in [0.2, 0.25) is 5.75 Å². The molecule has 0 bridgehead atoms. The van der Waals surface area contributed by atoms with Gasteiger partial charge in [-0.25, -0.2) is 0 Å². The van der Waals surface area contributed by atoms with Crippen LogP contribution in [0.2, 0.25) is 0 Å². The van der Waals surface area contributed by atoms with Gasteiger partial charge in [0.25, 0.3) is 0 Å². The van der Waals surface area contributed by atoms with Crippen LogP contribution >= 0.6 is 0 Å². The third-order valence-electron chi connectivity index (χ3n) is 3.23. The van der Waals surface area contributed by atoms with Crippen molar-refractivity contribution < 1.29 is 24.1 Å². The minimum Gasteiger partial charge on any atom is -0.493 e. The highest BCUT2D eigenvalue weighted by atomic mass is 16.5. The third-order valence-corrected chi connectivity index (χ3v) is 3.23. The molecule has 1 aromatic carbocycles. The summed E-state index contributed by atoms with van der Waals surface area (Å²) in [5, 5.41) is 12.2. The van der Waals surface area contributed by atoms with Crippen molar-refractivity contribution >= 4 is 5.97 Å². The lowest BCUT2D eigenvalue weighted by molar-refractivity contribution is -0.140. The predicted octanol–water partition coefficient (Wildman–Crippen LogP) is 1.91. The first kappa shape index (κ1) is 17.1. The van der Waals surface area contributed by atoms with Crippen molar-refractivity contribution in [2.75, 3.05) is 21.3 Å². The van der Waals surface area contributed by atoms with E-state index in [9.17, 15) is 9.90 Å². The Balaban J connectivity index is 3.00. The minimum absolute atomic E-state index is 0.0198. The number of nitrogens with one attached hydrogen (secondary N) is 1. The van der Waals surface area contributed by atoms with Gasteiger partial charge in [0.05, 0.1) is 21.3 Å². The Morgan fingerprint density at radius 3 is 2.19 bits per heavy atom. The molecule has 6 heteroatoms. The van der Waals surface area contributed by atoms with Crippen molar-refractivity contribution in [2.45, 2.75) is 26.4 Å². The maximum absolute atomic E-state index is 11.2. The lowest BCUT2D eigenvalue weighted by Crippen LogP contribution is -2.40. The number of ether oxygens (including phenoxy) is 3. The Morgan fingerprint density at radius 2 is 1.76 bits per heavy atom. The van der Waals surface area contributed by atoms with E-state index in [0.29, 0.717) is 23.8 Å². The van der Waals surface area contributed by atoms with E-state index in [0.717, 1.165) is 5.56 Å². The number of benzene rings is 1. The van der Waals surface area contributed by atoms with Gasteiger partial charge in [-0.3, -0.25) is 10.1 Å². The smallest absolute Gasteiger partial charge is 0.320 e. The first-order valence-electron chi connectivity index (χ1n) is 6.70. The van der Waals surface area contributed by atoms with Crippen LogP contribution in [0.3, 0.4) is 0 Å². The lowest BCUT2D eigenvalue weighted by atomic mass is 10.0. The summed E-state index contributed by atoms with van der Waals surface area (Å²) in [6.45, 7) is 4.08. The van der Waals surface area contributed by atoms with E-state index in [2.05, 4.69) is 5.32 Å². The molecule has 1 aromatic rings. The predicted molar refractivity (Wildman–Crippen MR) is 79.2 cm³/mol. The van der Waals surface area contributed by atoms with Crippen molar-refractivity contribution in [1.29, 1.82) is 0 Å². The zero-order valence-electron chi connectivity index (χ0n) is 13.1. The van der Waals surface area contributed by atoms with Crippen LogP contribution in [0.4, 0.5) is 0 Å². The monoisotopic (exact) mass is 297 g/mol. The van der Waals surface area contributed by atoms with Gasteiger partial charge in [-0.05, 0) is 12.0 Å².